The Labute approximate surface area is 165 Å². The fourth-order valence-electron chi connectivity index (χ4n) is 2.91. The van der Waals surface area contributed by atoms with E-state index in [0.29, 0.717) is 13.0 Å². The van der Waals surface area contributed by atoms with E-state index in [1.54, 1.807) is 12.4 Å². The van der Waals surface area contributed by atoms with E-state index in [-0.39, 0.29) is 5.91 Å². The van der Waals surface area contributed by atoms with Crippen LogP contribution in [-0.2, 0) is 17.6 Å². The van der Waals surface area contributed by atoms with Gasteiger partial charge in [0.1, 0.15) is 0 Å². The molecule has 1 aromatic heterocycles. The number of nitrogens with one attached hydrogen (secondary N) is 2. The van der Waals surface area contributed by atoms with Crippen LogP contribution in [0.4, 0.5) is 5.69 Å². The summed E-state index contributed by atoms with van der Waals surface area (Å²) in [5.74, 6) is -0.0458. The SMILES string of the molecule is O=C(Cc1ccncc1)Nc1ccc(CCNC[C@H](O)c2ccccc2)cc1. The molecule has 1 atom stereocenters. The molecule has 0 radical (unpaired) electrons. The van der Waals surface area contributed by atoms with Gasteiger partial charge in [0.05, 0.1) is 12.5 Å². The number of pyridine rings is 1. The summed E-state index contributed by atoms with van der Waals surface area (Å²) in [7, 11) is 0. The van der Waals surface area contributed by atoms with Gasteiger partial charge in [-0.05, 0) is 53.9 Å². The van der Waals surface area contributed by atoms with Crippen molar-refractivity contribution in [1.82, 2.24) is 10.3 Å². The maximum atomic E-state index is 12.1. The predicted octanol–water partition coefficient (Wildman–Crippen LogP) is 3.13. The molecule has 0 aliphatic rings. The molecular weight excluding hydrogens is 350 g/mol. The summed E-state index contributed by atoms with van der Waals surface area (Å²) < 4.78 is 0. The molecule has 0 fully saturated rings. The number of anilines is 1. The first-order valence-electron chi connectivity index (χ1n) is 9.42. The van der Waals surface area contributed by atoms with Gasteiger partial charge in [0.2, 0.25) is 5.91 Å². The molecular formula is C23H25N3O2. The number of hydrogen-bond donors (Lipinski definition) is 3. The quantitative estimate of drug-likeness (QED) is 0.503. The summed E-state index contributed by atoms with van der Waals surface area (Å²) in [5.41, 5.74) is 3.82. The normalized spacial score (nSPS) is 11.8. The Bertz CT molecular complexity index is 852. The van der Waals surface area contributed by atoms with Gasteiger partial charge >= 0.3 is 0 Å². The first-order valence-corrected chi connectivity index (χ1v) is 9.42. The number of hydrogen-bond acceptors (Lipinski definition) is 4. The topological polar surface area (TPSA) is 74.2 Å². The molecule has 0 aliphatic carbocycles. The molecule has 2 aromatic carbocycles. The Hall–Kier alpha value is -3.02. The summed E-state index contributed by atoms with van der Waals surface area (Å²) in [6.07, 6.45) is 4.05. The Morgan fingerprint density at radius 1 is 0.929 bits per heavy atom. The monoisotopic (exact) mass is 375 g/mol. The number of benzene rings is 2. The van der Waals surface area contributed by atoms with Crippen LogP contribution < -0.4 is 10.6 Å². The molecule has 5 nitrogen and oxygen atoms in total. The lowest BCUT2D eigenvalue weighted by Crippen LogP contribution is -2.23. The van der Waals surface area contributed by atoms with Crippen LogP contribution in [0.25, 0.3) is 0 Å². The van der Waals surface area contributed by atoms with Crippen molar-refractivity contribution in [3.63, 3.8) is 0 Å². The zero-order valence-corrected chi connectivity index (χ0v) is 15.7. The maximum absolute atomic E-state index is 12.1. The van der Waals surface area contributed by atoms with Crippen molar-refractivity contribution in [3.8, 4) is 0 Å². The van der Waals surface area contributed by atoms with Gasteiger partial charge in [-0.1, -0.05) is 42.5 Å². The van der Waals surface area contributed by atoms with Crippen LogP contribution in [0.15, 0.2) is 79.1 Å². The van der Waals surface area contributed by atoms with Crippen LogP contribution in [0.1, 0.15) is 22.8 Å². The molecule has 0 bridgehead atoms. The summed E-state index contributed by atoms with van der Waals surface area (Å²) in [6.45, 7) is 1.30. The minimum Gasteiger partial charge on any atom is -0.387 e. The molecule has 144 valence electrons. The molecule has 3 N–H and O–H groups in total. The van der Waals surface area contributed by atoms with E-state index in [9.17, 15) is 9.90 Å². The van der Waals surface area contributed by atoms with Crippen molar-refractivity contribution in [2.45, 2.75) is 18.9 Å². The molecule has 3 aromatic rings. The number of nitrogens with zero attached hydrogens (tertiary/aromatic N) is 1. The number of amides is 1. The first kappa shape index (κ1) is 19.7. The Morgan fingerprint density at radius 2 is 1.64 bits per heavy atom. The van der Waals surface area contributed by atoms with Crippen LogP contribution in [0, 0.1) is 0 Å². The van der Waals surface area contributed by atoms with Gasteiger partial charge in [0, 0.05) is 24.6 Å². The number of aliphatic hydroxyl groups excluding tert-OH is 1. The van der Waals surface area contributed by atoms with E-state index in [1.165, 1.54) is 5.56 Å². The van der Waals surface area contributed by atoms with Crippen LogP contribution in [0.5, 0.6) is 0 Å². The number of aromatic nitrogens is 1. The van der Waals surface area contributed by atoms with Crippen molar-refractivity contribution in [3.05, 3.63) is 95.8 Å². The second-order valence-electron chi connectivity index (χ2n) is 6.66. The number of aliphatic hydroxyl groups is 1. The van der Waals surface area contributed by atoms with E-state index in [1.807, 2.05) is 66.7 Å². The highest BCUT2D eigenvalue weighted by atomic mass is 16.3. The van der Waals surface area contributed by atoms with Crippen LogP contribution in [0.2, 0.25) is 0 Å². The lowest BCUT2D eigenvalue weighted by atomic mass is 10.1. The third kappa shape index (κ3) is 6.30. The molecule has 0 spiro atoms. The zero-order valence-electron chi connectivity index (χ0n) is 15.7. The van der Waals surface area contributed by atoms with Crippen LogP contribution >= 0.6 is 0 Å². The summed E-state index contributed by atoms with van der Waals surface area (Å²) in [6, 6.07) is 21.2. The largest absolute Gasteiger partial charge is 0.387 e. The molecule has 0 aliphatic heterocycles. The molecule has 0 saturated carbocycles. The highest BCUT2D eigenvalue weighted by Crippen LogP contribution is 2.12. The van der Waals surface area contributed by atoms with Gasteiger partial charge in [0.25, 0.3) is 0 Å². The molecule has 0 saturated heterocycles. The van der Waals surface area contributed by atoms with Gasteiger partial charge < -0.3 is 15.7 Å². The third-order valence-corrected chi connectivity index (χ3v) is 4.46. The van der Waals surface area contributed by atoms with Crippen molar-refractivity contribution in [2.24, 2.45) is 0 Å². The smallest absolute Gasteiger partial charge is 0.228 e. The molecule has 1 amide bonds. The van der Waals surface area contributed by atoms with Gasteiger partial charge in [-0.2, -0.15) is 0 Å². The van der Waals surface area contributed by atoms with E-state index < -0.39 is 6.10 Å². The Kier molecular flexibility index (Phi) is 7.29. The van der Waals surface area contributed by atoms with Crippen molar-refractivity contribution in [2.75, 3.05) is 18.4 Å². The second-order valence-corrected chi connectivity index (χ2v) is 6.66. The third-order valence-electron chi connectivity index (χ3n) is 4.46. The molecule has 28 heavy (non-hydrogen) atoms. The zero-order chi connectivity index (χ0) is 19.6. The second kappa shape index (κ2) is 10.3. The van der Waals surface area contributed by atoms with Gasteiger partial charge in [-0.25, -0.2) is 0 Å². The lowest BCUT2D eigenvalue weighted by molar-refractivity contribution is -0.115. The minimum absolute atomic E-state index is 0.0458. The van der Waals surface area contributed by atoms with Gasteiger partial charge in [-0.3, -0.25) is 9.78 Å². The average molecular weight is 375 g/mol. The molecule has 0 unspecified atom stereocenters. The summed E-state index contributed by atoms with van der Waals surface area (Å²) >= 11 is 0. The van der Waals surface area contributed by atoms with Crippen molar-refractivity contribution in [1.29, 1.82) is 0 Å². The molecule has 1 heterocycles. The van der Waals surface area contributed by atoms with E-state index >= 15 is 0 Å². The lowest BCUT2D eigenvalue weighted by Gasteiger charge is -2.12. The number of carbonyl (C=O) groups is 1. The standard InChI is InChI=1S/C23H25N3O2/c27-22(20-4-2-1-3-5-20)17-25-15-10-18-6-8-21(9-7-18)26-23(28)16-19-11-13-24-14-12-19/h1-9,11-14,22,25,27H,10,15-17H2,(H,26,28)/t22-/m0/s1. The highest BCUT2D eigenvalue weighted by molar-refractivity contribution is 5.92. The Morgan fingerprint density at radius 3 is 2.36 bits per heavy atom. The van der Waals surface area contributed by atoms with Crippen molar-refractivity contribution >= 4 is 11.6 Å². The van der Waals surface area contributed by atoms with Crippen LogP contribution in [-0.4, -0.2) is 29.1 Å². The van der Waals surface area contributed by atoms with E-state index in [4.69, 9.17) is 0 Å². The van der Waals surface area contributed by atoms with Crippen molar-refractivity contribution < 1.29 is 9.90 Å². The van der Waals surface area contributed by atoms with Crippen LogP contribution in [0.3, 0.4) is 0 Å². The highest BCUT2D eigenvalue weighted by Gasteiger charge is 2.06. The Balaban J connectivity index is 1.39. The summed E-state index contributed by atoms with van der Waals surface area (Å²) in [5, 5.41) is 16.3. The molecule has 3 rings (SSSR count). The first-order chi connectivity index (χ1) is 13.7. The number of rotatable bonds is 9. The van der Waals surface area contributed by atoms with E-state index in [0.717, 1.165) is 29.8 Å². The summed E-state index contributed by atoms with van der Waals surface area (Å²) in [4.78, 5) is 16.0. The predicted molar refractivity (Wildman–Crippen MR) is 111 cm³/mol. The number of carbonyl (C=O) groups excluding carboxylic acids is 1. The molecule has 5 heteroatoms. The van der Waals surface area contributed by atoms with Gasteiger partial charge in [-0.15, -0.1) is 0 Å². The minimum atomic E-state index is -0.501. The average Bonchev–Trinajstić information content (AvgIpc) is 2.73. The van der Waals surface area contributed by atoms with Gasteiger partial charge in [0.15, 0.2) is 0 Å². The fourth-order valence-corrected chi connectivity index (χ4v) is 2.91. The maximum Gasteiger partial charge on any atom is 0.228 e. The van der Waals surface area contributed by atoms with E-state index in [2.05, 4.69) is 15.6 Å². The fraction of sp³-hybridized carbons (Fsp3) is 0.217.